The van der Waals surface area contributed by atoms with E-state index in [2.05, 4.69) is 20.0 Å². The summed E-state index contributed by atoms with van der Waals surface area (Å²) < 4.78 is 14.7. The van der Waals surface area contributed by atoms with Gasteiger partial charge in [-0.1, -0.05) is 12.1 Å². The molecule has 7 heteroatoms. The van der Waals surface area contributed by atoms with Crippen LogP contribution in [0.1, 0.15) is 24.2 Å². The largest absolute Gasteiger partial charge is 0.309 e. The maximum atomic E-state index is 13.1. The van der Waals surface area contributed by atoms with Crippen molar-refractivity contribution in [3.63, 3.8) is 0 Å². The van der Waals surface area contributed by atoms with Crippen LogP contribution in [0.25, 0.3) is 11.0 Å². The Balaban J connectivity index is 1.54. The maximum absolute atomic E-state index is 13.1. The maximum Gasteiger partial charge on any atom is 0.262 e. The highest BCUT2D eigenvalue weighted by atomic mass is 19.1. The van der Waals surface area contributed by atoms with Gasteiger partial charge in [-0.25, -0.2) is 9.37 Å². The Kier molecular flexibility index (Phi) is 4.09. The number of rotatable bonds is 4. The molecule has 0 bridgehead atoms. The molecular weight excluding hydrogens is 321 g/mol. The fourth-order valence-corrected chi connectivity index (χ4v) is 3.57. The molecule has 1 fully saturated rings. The molecule has 25 heavy (non-hydrogen) atoms. The van der Waals surface area contributed by atoms with Crippen molar-refractivity contribution in [2.45, 2.75) is 31.8 Å². The third kappa shape index (κ3) is 3.19. The number of likely N-dealkylation sites (tertiary alicyclic amines) is 1. The molecule has 1 aliphatic rings. The van der Waals surface area contributed by atoms with E-state index in [0.29, 0.717) is 29.4 Å². The molecule has 0 unspecified atom stereocenters. The SMILES string of the molecule is Cn1ncc2c(=O)[nH]c(CN3CCC[C@@H]3Cc3ccc(F)cc3)nc21. The first-order valence-electron chi connectivity index (χ1n) is 8.49. The van der Waals surface area contributed by atoms with Crippen molar-refractivity contribution in [1.82, 2.24) is 24.6 Å². The van der Waals surface area contributed by atoms with Crippen molar-refractivity contribution in [3.8, 4) is 0 Å². The van der Waals surface area contributed by atoms with Crippen LogP contribution in [-0.4, -0.2) is 37.2 Å². The fraction of sp³-hybridized carbons (Fsp3) is 0.389. The summed E-state index contributed by atoms with van der Waals surface area (Å²) in [6.45, 7) is 1.57. The Morgan fingerprint density at radius 1 is 1.32 bits per heavy atom. The highest BCUT2D eigenvalue weighted by molar-refractivity contribution is 5.72. The quantitative estimate of drug-likeness (QED) is 0.788. The van der Waals surface area contributed by atoms with Gasteiger partial charge in [0.2, 0.25) is 0 Å². The Morgan fingerprint density at radius 3 is 2.92 bits per heavy atom. The lowest BCUT2D eigenvalue weighted by molar-refractivity contribution is 0.238. The average molecular weight is 341 g/mol. The number of fused-ring (bicyclic) bond motifs is 1. The highest BCUT2D eigenvalue weighted by Crippen LogP contribution is 2.23. The lowest BCUT2D eigenvalue weighted by Crippen LogP contribution is -2.32. The molecule has 1 aromatic carbocycles. The van der Waals surface area contributed by atoms with Crippen LogP contribution >= 0.6 is 0 Å². The standard InChI is InChI=1S/C18H20FN5O/c1-23-17-15(10-20-23)18(25)22-16(21-17)11-24-8-2-3-14(24)9-12-4-6-13(19)7-5-12/h4-7,10,14H,2-3,8-9,11H2,1H3,(H,21,22,25)/t14-/m1/s1. The normalized spacial score (nSPS) is 18.2. The summed E-state index contributed by atoms with van der Waals surface area (Å²) in [7, 11) is 1.78. The third-order valence-electron chi connectivity index (χ3n) is 4.89. The summed E-state index contributed by atoms with van der Waals surface area (Å²) in [5.74, 6) is 0.449. The van der Waals surface area contributed by atoms with Crippen molar-refractivity contribution >= 4 is 11.0 Å². The van der Waals surface area contributed by atoms with Crippen LogP contribution in [-0.2, 0) is 20.0 Å². The lowest BCUT2D eigenvalue weighted by atomic mass is 10.0. The van der Waals surface area contributed by atoms with Gasteiger partial charge in [-0.2, -0.15) is 5.10 Å². The number of aromatic nitrogens is 4. The van der Waals surface area contributed by atoms with Gasteiger partial charge in [0, 0.05) is 13.1 Å². The van der Waals surface area contributed by atoms with Crippen molar-refractivity contribution in [2.75, 3.05) is 6.54 Å². The van der Waals surface area contributed by atoms with E-state index in [1.165, 1.54) is 18.3 Å². The average Bonchev–Trinajstić information content (AvgIpc) is 3.18. The molecule has 0 spiro atoms. The number of aromatic amines is 1. The molecule has 6 nitrogen and oxygen atoms in total. The monoisotopic (exact) mass is 341 g/mol. The van der Waals surface area contributed by atoms with Crippen LogP contribution < -0.4 is 5.56 Å². The van der Waals surface area contributed by atoms with Gasteiger partial charge in [-0.05, 0) is 43.5 Å². The van der Waals surface area contributed by atoms with E-state index in [1.54, 1.807) is 11.7 Å². The molecule has 1 atom stereocenters. The van der Waals surface area contributed by atoms with Crippen molar-refractivity contribution in [1.29, 1.82) is 0 Å². The van der Waals surface area contributed by atoms with E-state index in [1.807, 2.05) is 12.1 Å². The Morgan fingerprint density at radius 2 is 2.12 bits per heavy atom. The summed E-state index contributed by atoms with van der Waals surface area (Å²) in [6, 6.07) is 7.06. The molecule has 130 valence electrons. The van der Waals surface area contributed by atoms with Gasteiger partial charge in [0.25, 0.3) is 5.56 Å². The molecule has 0 amide bonds. The second-order valence-electron chi connectivity index (χ2n) is 6.62. The van der Waals surface area contributed by atoms with Crippen LogP contribution in [0.3, 0.4) is 0 Å². The van der Waals surface area contributed by atoms with Crippen LogP contribution in [0.2, 0.25) is 0 Å². The van der Waals surface area contributed by atoms with Gasteiger partial charge >= 0.3 is 0 Å². The summed E-state index contributed by atoms with van der Waals surface area (Å²) in [5, 5.41) is 4.61. The molecular formula is C18H20FN5O. The number of hydrogen-bond acceptors (Lipinski definition) is 4. The Bertz CT molecular complexity index is 946. The minimum absolute atomic E-state index is 0.151. The molecule has 0 aliphatic carbocycles. The number of nitrogens with one attached hydrogen (secondary N) is 1. The van der Waals surface area contributed by atoms with E-state index in [9.17, 15) is 9.18 Å². The van der Waals surface area contributed by atoms with Gasteiger partial charge in [0.1, 0.15) is 17.0 Å². The van der Waals surface area contributed by atoms with Crippen LogP contribution in [0.4, 0.5) is 4.39 Å². The van der Waals surface area contributed by atoms with Crippen LogP contribution in [0.5, 0.6) is 0 Å². The first-order valence-corrected chi connectivity index (χ1v) is 8.49. The second-order valence-corrected chi connectivity index (χ2v) is 6.62. The van der Waals surface area contributed by atoms with Gasteiger partial charge in [0.15, 0.2) is 5.65 Å². The number of aryl methyl sites for hydroxylation is 1. The molecule has 3 aromatic rings. The highest BCUT2D eigenvalue weighted by Gasteiger charge is 2.25. The number of hydrogen-bond donors (Lipinski definition) is 1. The van der Waals surface area contributed by atoms with Gasteiger partial charge in [-0.15, -0.1) is 0 Å². The molecule has 2 aromatic heterocycles. The number of benzene rings is 1. The summed E-state index contributed by atoms with van der Waals surface area (Å²) in [6.07, 6.45) is 4.62. The second kappa shape index (κ2) is 6.40. The molecule has 1 aliphatic heterocycles. The van der Waals surface area contributed by atoms with E-state index >= 15 is 0 Å². The zero-order chi connectivity index (χ0) is 17.4. The molecule has 1 N–H and O–H groups in total. The summed E-state index contributed by atoms with van der Waals surface area (Å²) in [5.41, 5.74) is 1.58. The molecule has 0 radical (unpaired) electrons. The van der Waals surface area contributed by atoms with Crippen LogP contribution in [0.15, 0.2) is 35.3 Å². The smallest absolute Gasteiger partial charge is 0.262 e. The minimum atomic E-state index is -0.210. The third-order valence-corrected chi connectivity index (χ3v) is 4.89. The van der Waals surface area contributed by atoms with Crippen molar-refractivity contribution in [2.24, 2.45) is 7.05 Å². The van der Waals surface area contributed by atoms with E-state index in [0.717, 1.165) is 31.4 Å². The minimum Gasteiger partial charge on any atom is -0.309 e. The van der Waals surface area contributed by atoms with E-state index < -0.39 is 0 Å². The molecule has 3 heterocycles. The Labute approximate surface area is 144 Å². The number of nitrogens with zero attached hydrogens (tertiary/aromatic N) is 4. The van der Waals surface area contributed by atoms with Crippen molar-refractivity contribution < 1.29 is 4.39 Å². The lowest BCUT2D eigenvalue weighted by Gasteiger charge is -2.24. The van der Waals surface area contributed by atoms with Crippen LogP contribution in [0, 0.1) is 5.82 Å². The molecule has 0 saturated carbocycles. The first-order chi connectivity index (χ1) is 12.1. The predicted octanol–water partition coefficient (Wildman–Crippen LogP) is 2.00. The summed E-state index contributed by atoms with van der Waals surface area (Å²) in [4.78, 5) is 22.0. The van der Waals surface area contributed by atoms with Gasteiger partial charge in [-0.3, -0.25) is 14.4 Å². The van der Waals surface area contributed by atoms with E-state index in [4.69, 9.17) is 0 Å². The molecule has 1 saturated heterocycles. The zero-order valence-corrected chi connectivity index (χ0v) is 14.1. The fourth-order valence-electron chi connectivity index (χ4n) is 3.57. The summed E-state index contributed by atoms with van der Waals surface area (Å²) >= 11 is 0. The molecule has 4 rings (SSSR count). The van der Waals surface area contributed by atoms with Gasteiger partial charge in [0.05, 0.1) is 12.7 Å². The number of H-pyrrole nitrogens is 1. The number of halogens is 1. The van der Waals surface area contributed by atoms with Gasteiger partial charge < -0.3 is 4.98 Å². The first kappa shape index (κ1) is 16.0. The zero-order valence-electron chi connectivity index (χ0n) is 14.1. The predicted molar refractivity (Wildman–Crippen MR) is 92.7 cm³/mol. The Hall–Kier alpha value is -2.54. The van der Waals surface area contributed by atoms with Crippen molar-refractivity contribution in [3.05, 3.63) is 58.0 Å². The topological polar surface area (TPSA) is 66.8 Å². The van der Waals surface area contributed by atoms with E-state index in [-0.39, 0.29) is 11.4 Å².